The van der Waals surface area contributed by atoms with Crippen LogP contribution in [0.25, 0.3) is 10.9 Å². The molecule has 0 saturated heterocycles. The summed E-state index contributed by atoms with van der Waals surface area (Å²) < 4.78 is 5.57. The van der Waals surface area contributed by atoms with Crippen LogP contribution in [-0.2, 0) is 0 Å². The van der Waals surface area contributed by atoms with E-state index in [2.05, 4.69) is 15.3 Å². The van der Waals surface area contributed by atoms with E-state index in [9.17, 15) is 5.11 Å². The van der Waals surface area contributed by atoms with Gasteiger partial charge in [0.2, 0.25) is 0 Å². The average Bonchev–Trinajstić information content (AvgIpc) is 2.74. The van der Waals surface area contributed by atoms with Crippen LogP contribution in [0.15, 0.2) is 79.1 Å². The third-order valence-corrected chi connectivity index (χ3v) is 4.63. The number of aromatic hydroxyl groups is 1. The molecule has 0 amide bonds. The zero-order valence-corrected chi connectivity index (χ0v) is 15.6. The molecule has 28 heavy (non-hydrogen) atoms. The molecule has 2 heterocycles. The summed E-state index contributed by atoms with van der Waals surface area (Å²) in [6, 6.07) is 20.9. The average molecular weight is 372 g/mol. The van der Waals surface area contributed by atoms with Crippen molar-refractivity contribution in [2.24, 2.45) is 0 Å². The van der Waals surface area contributed by atoms with E-state index < -0.39 is 0 Å². The van der Waals surface area contributed by atoms with Gasteiger partial charge in [-0.2, -0.15) is 0 Å². The van der Waals surface area contributed by atoms with E-state index in [-0.39, 0.29) is 11.8 Å². The maximum Gasteiger partial charge on any atom is 0.272 e. The van der Waals surface area contributed by atoms with Crippen LogP contribution in [0.3, 0.4) is 0 Å². The van der Waals surface area contributed by atoms with Crippen molar-refractivity contribution >= 4 is 16.7 Å². The summed E-state index contributed by atoms with van der Waals surface area (Å²) in [7, 11) is 0. The van der Waals surface area contributed by atoms with Crippen molar-refractivity contribution in [3.05, 3.63) is 90.3 Å². The number of hydrogen-bond donors (Lipinski definition) is 2. The molecule has 5 nitrogen and oxygen atoms in total. The molecule has 4 aromatic rings. The predicted molar refractivity (Wildman–Crippen MR) is 109 cm³/mol. The molecule has 0 unspecified atom stereocenters. The van der Waals surface area contributed by atoms with Gasteiger partial charge in [-0.25, -0.2) is 4.98 Å². The van der Waals surface area contributed by atoms with E-state index in [4.69, 9.17) is 4.74 Å². The first-order valence-corrected chi connectivity index (χ1v) is 9.29. The Morgan fingerprint density at radius 1 is 1.04 bits per heavy atom. The standard InChI is InChI=1S/C23H21N3O2/c1-2-28-17-10-8-16(9-11-17)23(26-21-7-3-4-14-25-21)22-18-6-5-15-24-19(18)12-13-20(22)27/h3-15,23,27H,2H2,1H3,(H,25,26)/p+1/t23-/m0/s1. The molecule has 2 aromatic carbocycles. The summed E-state index contributed by atoms with van der Waals surface area (Å²) in [5, 5.41) is 15.2. The Bertz CT molecular complexity index is 1070. The molecular formula is C23H22N3O2+. The summed E-state index contributed by atoms with van der Waals surface area (Å²) in [5.74, 6) is 1.89. The summed E-state index contributed by atoms with van der Waals surface area (Å²) in [6.07, 6.45) is 3.62. The second kappa shape index (κ2) is 7.96. The zero-order valence-electron chi connectivity index (χ0n) is 15.6. The number of benzene rings is 2. The number of pyridine rings is 2. The molecule has 0 aliphatic heterocycles. The van der Waals surface area contributed by atoms with Crippen molar-refractivity contribution in [3.8, 4) is 11.5 Å². The lowest BCUT2D eigenvalue weighted by Gasteiger charge is -2.19. The third kappa shape index (κ3) is 3.60. The number of ether oxygens (including phenoxy) is 1. The van der Waals surface area contributed by atoms with Crippen LogP contribution < -0.4 is 15.0 Å². The van der Waals surface area contributed by atoms with E-state index in [1.165, 1.54) is 0 Å². The number of nitrogens with zero attached hydrogens (tertiary/aromatic N) is 1. The smallest absolute Gasteiger partial charge is 0.272 e. The molecule has 0 aliphatic carbocycles. The SMILES string of the molecule is CCOc1ccc([C@H](Nc2cccc[nH+]2)c2c(O)ccc3ncccc23)cc1. The van der Waals surface area contributed by atoms with Crippen molar-refractivity contribution in [1.82, 2.24) is 4.98 Å². The Kier molecular flexibility index (Phi) is 5.06. The maximum atomic E-state index is 10.8. The molecule has 0 aliphatic rings. The van der Waals surface area contributed by atoms with Gasteiger partial charge in [0.15, 0.2) is 0 Å². The summed E-state index contributed by atoms with van der Waals surface area (Å²) in [4.78, 5) is 7.64. The number of nitrogens with one attached hydrogen (secondary N) is 2. The van der Waals surface area contributed by atoms with Crippen LogP contribution in [0.2, 0.25) is 0 Å². The van der Waals surface area contributed by atoms with Crippen LogP contribution >= 0.6 is 0 Å². The maximum absolute atomic E-state index is 10.8. The first-order valence-electron chi connectivity index (χ1n) is 9.29. The van der Waals surface area contributed by atoms with Gasteiger partial charge in [-0.15, -0.1) is 0 Å². The first kappa shape index (κ1) is 17.8. The highest BCUT2D eigenvalue weighted by atomic mass is 16.5. The summed E-state index contributed by atoms with van der Waals surface area (Å²) in [5.41, 5.74) is 2.63. The first-order chi connectivity index (χ1) is 13.8. The number of aromatic nitrogens is 2. The Balaban J connectivity index is 1.85. The minimum Gasteiger partial charge on any atom is -0.507 e. The minimum atomic E-state index is -0.276. The minimum absolute atomic E-state index is 0.225. The van der Waals surface area contributed by atoms with Gasteiger partial charge >= 0.3 is 0 Å². The normalized spacial score (nSPS) is 11.9. The molecule has 5 heteroatoms. The van der Waals surface area contributed by atoms with Gasteiger partial charge in [0, 0.05) is 23.2 Å². The van der Waals surface area contributed by atoms with Gasteiger partial charge in [-0.1, -0.05) is 24.3 Å². The monoisotopic (exact) mass is 372 g/mol. The second-order valence-electron chi connectivity index (χ2n) is 6.42. The topological polar surface area (TPSA) is 68.5 Å². The number of anilines is 1. The quantitative estimate of drug-likeness (QED) is 0.528. The fourth-order valence-electron chi connectivity index (χ4n) is 3.35. The Hall–Kier alpha value is -3.60. The largest absolute Gasteiger partial charge is 0.507 e. The second-order valence-corrected chi connectivity index (χ2v) is 6.42. The van der Waals surface area contributed by atoms with Crippen molar-refractivity contribution in [2.45, 2.75) is 13.0 Å². The lowest BCUT2D eigenvalue weighted by Crippen LogP contribution is -2.19. The van der Waals surface area contributed by atoms with Crippen LogP contribution in [-0.4, -0.2) is 16.7 Å². The highest BCUT2D eigenvalue weighted by Gasteiger charge is 2.25. The van der Waals surface area contributed by atoms with Crippen LogP contribution in [0.1, 0.15) is 24.1 Å². The zero-order chi connectivity index (χ0) is 19.3. The van der Waals surface area contributed by atoms with Crippen molar-refractivity contribution in [3.63, 3.8) is 0 Å². The third-order valence-electron chi connectivity index (χ3n) is 4.63. The van der Waals surface area contributed by atoms with E-state index in [0.29, 0.717) is 6.61 Å². The predicted octanol–water partition coefficient (Wildman–Crippen LogP) is 4.35. The Labute approximate surface area is 163 Å². The number of fused-ring (bicyclic) bond motifs is 1. The number of phenols is 1. The van der Waals surface area contributed by atoms with E-state index in [0.717, 1.165) is 33.6 Å². The lowest BCUT2D eigenvalue weighted by molar-refractivity contribution is -0.361. The number of H-pyrrole nitrogens is 1. The van der Waals surface area contributed by atoms with Gasteiger partial charge in [0.05, 0.1) is 23.9 Å². The van der Waals surface area contributed by atoms with Gasteiger partial charge < -0.3 is 9.84 Å². The number of hydrogen-bond acceptors (Lipinski definition) is 4. The highest BCUT2D eigenvalue weighted by molar-refractivity contribution is 5.86. The van der Waals surface area contributed by atoms with Gasteiger partial charge in [-0.05, 0) is 43.3 Å². The Morgan fingerprint density at radius 2 is 1.89 bits per heavy atom. The van der Waals surface area contributed by atoms with Crippen molar-refractivity contribution in [2.75, 3.05) is 11.9 Å². The lowest BCUT2D eigenvalue weighted by atomic mass is 9.94. The molecule has 140 valence electrons. The number of phenolic OH excluding ortho intramolecular Hbond substituents is 1. The molecule has 4 rings (SSSR count). The van der Waals surface area contributed by atoms with Crippen LogP contribution in [0.5, 0.6) is 11.5 Å². The fraction of sp³-hybridized carbons (Fsp3) is 0.130. The van der Waals surface area contributed by atoms with Gasteiger partial charge in [0.25, 0.3) is 5.82 Å². The van der Waals surface area contributed by atoms with E-state index in [1.54, 1.807) is 12.3 Å². The molecule has 1 atom stereocenters. The molecule has 0 bridgehead atoms. The highest BCUT2D eigenvalue weighted by Crippen LogP contribution is 2.37. The molecule has 3 N–H and O–H groups in total. The molecular weight excluding hydrogens is 350 g/mol. The summed E-state index contributed by atoms with van der Waals surface area (Å²) in [6.45, 7) is 2.58. The van der Waals surface area contributed by atoms with E-state index >= 15 is 0 Å². The van der Waals surface area contributed by atoms with Crippen LogP contribution in [0, 0.1) is 0 Å². The Morgan fingerprint density at radius 3 is 2.64 bits per heavy atom. The number of aromatic amines is 1. The number of rotatable bonds is 6. The van der Waals surface area contributed by atoms with Crippen LogP contribution in [0.4, 0.5) is 5.82 Å². The fourth-order valence-corrected chi connectivity index (χ4v) is 3.35. The van der Waals surface area contributed by atoms with Crippen molar-refractivity contribution < 1.29 is 14.8 Å². The van der Waals surface area contributed by atoms with Crippen molar-refractivity contribution in [1.29, 1.82) is 0 Å². The van der Waals surface area contributed by atoms with E-state index in [1.807, 2.05) is 73.8 Å². The molecule has 2 aromatic heterocycles. The molecule has 0 spiro atoms. The molecule has 0 saturated carbocycles. The van der Waals surface area contributed by atoms with Gasteiger partial charge in [-0.3, -0.25) is 10.3 Å². The van der Waals surface area contributed by atoms with Gasteiger partial charge in [0.1, 0.15) is 17.5 Å². The summed E-state index contributed by atoms with van der Waals surface area (Å²) >= 11 is 0. The molecule has 0 radical (unpaired) electrons. The molecule has 0 fully saturated rings.